The van der Waals surface area contributed by atoms with Gasteiger partial charge in [-0.25, -0.2) is 0 Å². The summed E-state index contributed by atoms with van der Waals surface area (Å²) in [5.74, 6) is 0.346. The van der Waals surface area contributed by atoms with Gasteiger partial charge in [0.25, 0.3) is 0 Å². The van der Waals surface area contributed by atoms with Crippen LogP contribution in [-0.4, -0.2) is 23.1 Å². The van der Waals surface area contributed by atoms with E-state index in [2.05, 4.69) is 36.4 Å². The number of nitrogens with two attached hydrogens (primary N) is 2. The van der Waals surface area contributed by atoms with Crippen molar-refractivity contribution in [2.75, 3.05) is 0 Å². The molecule has 158 valence electrons. The second-order valence-electron chi connectivity index (χ2n) is 8.38. The van der Waals surface area contributed by atoms with E-state index in [9.17, 15) is 0 Å². The van der Waals surface area contributed by atoms with Gasteiger partial charge < -0.3 is 11.5 Å². The van der Waals surface area contributed by atoms with Crippen molar-refractivity contribution in [3.63, 3.8) is 0 Å². The molecule has 32 heavy (non-hydrogen) atoms. The van der Waals surface area contributed by atoms with Crippen LogP contribution in [0, 0.1) is 10.8 Å². The van der Waals surface area contributed by atoms with Crippen LogP contribution in [0.25, 0.3) is 0 Å². The third kappa shape index (κ3) is 3.95. The molecule has 3 aromatic carbocycles. The standard InChI is InChI=1S/C26H24N6/c27-25(28)11-15-1-7-21-19(9-15)13-23(31-21)17-3-5-18(6-4-17)24-14-20-10-16(12-26(29)30)2-8-22(20)32-24/h1-10H,11-14H2,(H3,27,28)(H3,29,30). The fraction of sp³-hybridized carbons (Fsp3) is 0.154. The molecule has 0 aromatic heterocycles. The molecule has 0 saturated heterocycles. The van der Waals surface area contributed by atoms with Crippen molar-refractivity contribution in [3.05, 3.63) is 94.0 Å². The summed E-state index contributed by atoms with van der Waals surface area (Å²) in [6, 6.07) is 20.7. The minimum absolute atomic E-state index is 0.173. The minimum atomic E-state index is 0.173. The highest BCUT2D eigenvalue weighted by Crippen LogP contribution is 2.32. The van der Waals surface area contributed by atoms with Crippen LogP contribution in [-0.2, 0) is 25.7 Å². The smallest absolute Gasteiger partial charge is 0.0950 e. The fourth-order valence-electron chi connectivity index (χ4n) is 4.36. The summed E-state index contributed by atoms with van der Waals surface area (Å²) in [6.07, 6.45) is 2.51. The summed E-state index contributed by atoms with van der Waals surface area (Å²) >= 11 is 0. The Bertz CT molecular complexity index is 1210. The van der Waals surface area contributed by atoms with Gasteiger partial charge in [0.15, 0.2) is 0 Å². The fourth-order valence-corrected chi connectivity index (χ4v) is 4.36. The second-order valence-corrected chi connectivity index (χ2v) is 8.38. The van der Waals surface area contributed by atoms with Gasteiger partial charge >= 0.3 is 0 Å². The lowest BCUT2D eigenvalue weighted by Crippen LogP contribution is -2.12. The molecule has 0 aliphatic carbocycles. The minimum Gasteiger partial charge on any atom is -0.387 e. The third-order valence-electron chi connectivity index (χ3n) is 5.85. The molecule has 6 heteroatoms. The van der Waals surface area contributed by atoms with Crippen LogP contribution in [0.1, 0.15) is 33.4 Å². The number of benzene rings is 3. The normalized spacial score (nSPS) is 13.9. The average Bonchev–Trinajstić information content (AvgIpc) is 3.36. The Balaban J connectivity index is 1.31. The van der Waals surface area contributed by atoms with Gasteiger partial charge in [0.05, 0.1) is 34.5 Å². The molecule has 0 unspecified atom stereocenters. The number of hydrogen-bond donors (Lipinski definition) is 4. The topological polar surface area (TPSA) is 124 Å². The summed E-state index contributed by atoms with van der Waals surface area (Å²) in [6.45, 7) is 0. The number of amidine groups is 2. The number of aliphatic imine (C=N–C) groups is 2. The van der Waals surface area contributed by atoms with E-state index in [0.29, 0.717) is 12.8 Å². The summed E-state index contributed by atoms with van der Waals surface area (Å²) in [4.78, 5) is 9.62. The highest BCUT2D eigenvalue weighted by Gasteiger charge is 2.19. The van der Waals surface area contributed by atoms with Crippen LogP contribution >= 0.6 is 0 Å². The largest absolute Gasteiger partial charge is 0.387 e. The van der Waals surface area contributed by atoms with Gasteiger partial charge in [0.2, 0.25) is 0 Å². The van der Waals surface area contributed by atoms with Crippen LogP contribution in [0.3, 0.4) is 0 Å². The predicted octanol–water partition coefficient (Wildman–Crippen LogP) is 4.00. The summed E-state index contributed by atoms with van der Waals surface area (Å²) in [5, 5.41) is 15.0. The molecule has 6 N–H and O–H groups in total. The van der Waals surface area contributed by atoms with E-state index in [1.165, 1.54) is 11.1 Å². The first-order valence-corrected chi connectivity index (χ1v) is 10.6. The Kier molecular flexibility index (Phi) is 4.90. The molecule has 0 radical (unpaired) electrons. The van der Waals surface area contributed by atoms with Crippen molar-refractivity contribution < 1.29 is 0 Å². The Morgan fingerprint density at radius 1 is 0.656 bits per heavy atom. The number of rotatable bonds is 6. The molecule has 0 bridgehead atoms. The third-order valence-corrected chi connectivity index (χ3v) is 5.85. The van der Waals surface area contributed by atoms with Crippen molar-refractivity contribution in [3.8, 4) is 0 Å². The van der Waals surface area contributed by atoms with E-state index < -0.39 is 0 Å². The monoisotopic (exact) mass is 420 g/mol. The molecule has 2 heterocycles. The van der Waals surface area contributed by atoms with E-state index in [0.717, 1.165) is 57.9 Å². The lowest BCUT2D eigenvalue weighted by Gasteiger charge is -2.05. The number of nitrogens with one attached hydrogen (secondary N) is 2. The first kappa shape index (κ1) is 19.9. The van der Waals surface area contributed by atoms with Crippen LogP contribution in [0.5, 0.6) is 0 Å². The molecule has 2 aliphatic rings. The maximum Gasteiger partial charge on any atom is 0.0950 e. The first-order valence-electron chi connectivity index (χ1n) is 10.6. The average molecular weight is 421 g/mol. The number of hydrogen-bond acceptors (Lipinski definition) is 4. The predicted molar refractivity (Wildman–Crippen MR) is 130 cm³/mol. The zero-order valence-electron chi connectivity index (χ0n) is 17.7. The lowest BCUT2D eigenvalue weighted by atomic mass is 9.98. The van der Waals surface area contributed by atoms with E-state index >= 15 is 0 Å². The van der Waals surface area contributed by atoms with Crippen molar-refractivity contribution in [2.24, 2.45) is 21.5 Å². The molecular weight excluding hydrogens is 396 g/mol. The molecule has 6 nitrogen and oxygen atoms in total. The van der Waals surface area contributed by atoms with Gasteiger partial charge in [-0.2, -0.15) is 0 Å². The van der Waals surface area contributed by atoms with Crippen LogP contribution in [0.2, 0.25) is 0 Å². The van der Waals surface area contributed by atoms with E-state index in [1.807, 2.05) is 24.3 Å². The van der Waals surface area contributed by atoms with Crippen LogP contribution < -0.4 is 11.5 Å². The van der Waals surface area contributed by atoms with Crippen LogP contribution in [0.15, 0.2) is 70.6 Å². The molecule has 0 amide bonds. The molecule has 5 rings (SSSR count). The van der Waals surface area contributed by atoms with Crippen molar-refractivity contribution in [2.45, 2.75) is 25.7 Å². The van der Waals surface area contributed by atoms with Gasteiger partial charge in [-0.1, -0.05) is 48.5 Å². The van der Waals surface area contributed by atoms with Gasteiger partial charge in [0.1, 0.15) is 0 Å². The van der Waals surface area contributed by atoms with Gasteiger partial charge in [0, 0.05) is 25.7 Å². The first-order chi connectivity index (χ1) is 15.4. The molecule has 2 aliphatic heterocycles. The number of nitrogens with zero attached hydrogens (tertiary/aromatic N) is 2. The van der Waals surface area contributed by atoms with Crippen molar-refractivity contribution in [1.82, 2.24) is 0 Å². The van der Waals surface area contributed by atoms with Crippen molar-refractivity contribution in [1.29, 1.82) is 10.8 Å². The lowest BCUT2D eigenvalue weighted by molar-refractivity contribution is 1.23. The number of fused-ring (bicyclic) bond motifs is 2. The maximum absolute atomic E-state index is 7.50. The maximum atomic E-state index is 7.50. The van der Waals surface area contributed by atoms with E-state index in [-0.39, 0.29) is 11.7 Å². The molecule has 3 aromatic rings. The highest BCUT2D eigenvalue weighted by molar-refractivity contribution is 6.09. The zero-order valence-corrected chi connectivity index (χ0v) is 17.7. The SMILES string of the molecule is N=C(N)Cc1ccc2c(c1)CC(c1ccc(C3=Nc4ccc(CC(=N)N)cc4C3)cc1)=N2. The molecule has 0 spiro atoms. The Hall–Kier alpha value is -4.06. The highest BCUT2D eigenvalue weighted by atomic mass is 14.8. The molecule has 0 atom stereocenters. The van der Waals surface area contributed by atoms with Gasteiger partial charge in [-0.15, -0.1) is 0 Å². The van der Waals surface area contributed by atoms with Crippen LogP contribution in [0.4, 0.5) is 11.4 Å². The van der Waals surface area contributed by atoms with E-state index in [4.69, 9.17) is 32.3 Å². The Labute approximate surface area is 186 Å². The second kappa shape index (κ2) is 7.89. The quantitative estimate of drug-likeness (QED) is 0.355. The summed E-state index contributed by atoms with van der Waals surface area (Å²) < 4.78 is 0. The molecule has 0 saturated carbocycles. The summed E-state index contributed by atoms with van der Waals surface area (Å²) in [5.41, 5.74) is 21.9. The van der Waals surface area contributed by atoms with Crippen molar-refractivity contribution >= 4 is 34.5 Å². The van der Waals surface area contributed by atoms with Gasteiger partial charge in [-0.3, -0.25) is 20.8 Å². The van der Waals surface area contributed by atoms with Gasteiger partial charge in [-0.05, 0) is 45.5 Å². The van der Waals surface area contributed by atoms with E-state index in [1.54, 1.807) is 0 Å². The summed E-state index contributed by atoms with van der Waals surface area (Å²) in [7, 11) is 0. The molecule has 0 fully saturated rings. The Morgan fingerprint density at radius 2 is 1.06 bits per heavy atom. The zero-order chi connectivity index (χ0) is 22.2. The molecular formula is C26H24N6. The Morgan fingerprint density at radius 3 is 1.44 bits per heavy atom.